The first-order valence-electron chi connectivity index (χ1n) is 5.70. The first-order chi connectivity index (χ1) is 9.63. The van der Waals surface area contributed by atoms with Gasteiger partial charge in [0.15, 0.2) is 5.82 Å². The normalized spacial score (nSPS) is 19.4. The molecule has 0 aliphatic carbocycles. The quantitative estimate of drug-likeness (QED) is 0.576. The molecule has 1 atom stereocenters. The molecule has 0 saturated carbocycles. The second-order valence-corrected chi connectivity index (χ2v) is 7.02. The van der Waals surface area contributed by atoms with Crippen molar-refractivity contribution in [3.8, 4) is 0 Å². The zero-order valence-corrected chi connectivity index (χ0v) is 13.2. The first-order valence-corrected chi connectivity index (χ1v) is 7.98. The number of carbonyl (C=O) groups excluding carboxylic acids is 2. The van der Waals surface area contributed by atoms with Gasteiger partial charge in [0.25, 0.3) is 0 Å². The van der Waals surface area contributed by atoms with E-state index in [1.54, 1.807) is 0 Å². The van der Waals surface area contributed by atoms with Crippen LogP contribution in [-0.4, -0.2) is 38.2 Å². The SMILES string of the molecule is CN1C(=O)CC(NS(=O)(=O)c2cc(N)cc(Br)c2F)C1=O. The third kappa shape index (κ3) is 2.92. The molecule has 1 aliphatic rings. The molecule has 7 nitrogen and oxygen atoms in total. The second kappa shape index (κ2) is 5.35. The van der Waals surface area contributed by atoms with Gasteiger partial charge < -0.3 is 5.73 Å². The smallest absolute Gasteiger partial charge is 0.247 e. The highest BCUT2D eigenvalue weighted by molar-refractivity contribution is 9.10. The summed E-state index contributed by atoms with van der Waals surface area (Å²) < 4.78 is 40.1. The molecule has 10 heteroatoms. The van der Waals surface area contributed by atoms with Crippen molar-refractivity contribution in [2.24, 2.45) is 0 Å². The monoisotopic (exact) mass is 379 g/mol. The molecular formula is C11H11BrFN3O4S. The van der Waals surface area contributed by atoms with Gasteiger partial charge in [-0.2, -0.15) is 4.72 Å². The fourth-order valence-corrected chi connectivity index (χ4v) is 3.81. The van der Waals surface area contributed by atoms with Gasteiger partial charge in [-0.15, -0.1) is 0 Å². The number of rotatable bonds is 3. The lowest BCUT2D eigenvalue weighted by molar-refractivity contribution is -0.137. The molecule has 3 N–H and O–H groups in total. The Kier molecular flexibility index (Phi) is 4.04. The van der Waals surface area contributed by atoms with Crippen LogP contribution in [-0.2, 0) is 19.6 Å². The standard InChI is InChI=1S/C11H11BrFN3O4S/c1-16-9(17)4-7(11(16)18)15-21(19,20)8-3-5(14)2-6(12)10(8)13/h2-3,7,15H,4,14H2,1H3. The number of likely N-dealkylation sites (N-methyl/N-ethyl adjacent to an activating group) is 1. The van der Waals surface area contributed by atoms with Gasteiger partial charge in [-0.3, -0.25) is 14.5 Å². The van der Waals surface area contributed by atoms with Crippen molar-refractivity contribution < 1.29 is 22.4 Å². The van der Waals surface area contributed by atoms with Crippen LogP contribution in [0.15, 0.2) is 21.5 Å². The Bertz CT molecular complexity index is 737. The maximum absolute atomic E-state index is 13.9. The van der Waals surface area contributed by atoms with Crippen LogP contribution in [0.1, 0.15) is 6.42 Å². The average Bonchev–Trinajstić information content (AvgIpc) is 2.61. The van der Waals surface area contributed by atoms with E-state index in [1.807, 2.05) is 4.72 Å². The van der Waals surface area contributed by atoms with Crippen LogP contribution >= 0.6 is 15.9 Å². The van der Waals surface area contributed by atoms with E-state index in [0.29, 0.717) is 0 Å². The number of imide groups is 1. The number of anilines is 1. The van der Waals surface area contributed by atoms with Gasteiger partial charge in [-0.25, -0.2) is 12.8 Å². The van der Waals surface area contributed by atoms with Crippen molar-refractivity contribution in [3.63, 3.8) is 0 Å². The summed E-state index contributed by atoms with van der Waals surface area (Å²) >= 11 is 2.86. The summed E-state index contributed by atoms with van der Waals surface area (Å²) in [5.74, 6) is -2.23. The Morgan fingerprint density at radius 1 is 1.43 bits per heavy atom. The highest BCUT2D eigenvalue weighted by Gasteiger charge is 2.39. The molecule has 1 saturated heterocycles. The van der Waals surface area contributed by atoms with Gasteiger partial charge in [0.05, 0.1) is 10.9 Å². The number of amides is 2. The number of hydrogen-bond donors (Lipinski definition) is 2. The molecule has 1 heterocycles. The Labute approximate surface area is 128 Å². The summed E-state index contributed by atoms with van der Waals surface area (Å²) in [5.41, 5.74) is 5.52. The van der Waals surface area contributed by atoms with Crippen LogP contribution in [0, 0.1) is 5.82 Å². The van der Waals surface area contributed by atoms with Crippen LogP contribution in [0.4, 0.5) is 10.1 Å². The Morgan fingerprint density at radius 2 is 2.05 bits per heavy atom. The van der Waals surface area contributed by atoms with Crippen LogP contribution in [0.25, 0.3) is 0 Å². The van der Waals surface area contributed by atoms with Crippen molar-refractivity contribution in [3.05, 3.63) is 22.4 Å². The molecular weight excluding hydrogens is 369 g/mol. The molecule has 2 rings (SSSR count). The Hall–Kier alpha value is -1.52. The molecule has 0 spiro atoms. The molecule has 1 aromatic carbocycles. The Morgan fingerprint density at radius 3 is 2.57 bits per heavy atom. The van der Waals surface area contributed by atoms with Crippen LogP contribution in [0.3, 0.4) is 0 Å². The van der Waals surface area contributed by atoms with Gasteiger partial charge in [-0.05, 0) is 28.1 Å². The molecule has 1 aromatic rings. The molecule has 1 aliphatic heterocycles. The minimum atomic E-state index is -4.33. The molecule has 0 bridgehead atoms. The maximum Gasteiger partial charge on any atom is 0.247 e. The number of benzene rings is 1. The summed E-state index contributed by atoms with van der Waals surface area (Å²) in [5, 5.41) is 0. The minimum absolute atomic E-state index is 0.0367. The van der Waals surface area contributed by atoms with E-state index in [-0.39, 0.29) is 16.6 Å². The number of sulfonamides is 1. The van der Waals surface area contributed by atoms with E-state index < -0.39 is 38.6 Å². The number of hydrogen-bond acceptors (Lipinski definition) is 5. The molecule has 1 fully saturated rings. The summed E-state index contributed by atoms with van der Waals surface area (Å²) in [4.78, 5) is 23.2. The highest BCUT2D eigenvalue weighted by Crippen LogP contribution is 2.26. The molecule has 2 amide bonds. The lowest BCUT2D eigenvalue weighted by Crippen LogP contribution is -2.40. The largest absolute Gasteiger partial charge is 0.399 e. The van der Waals surface area contributed by atoms with E-state index >= 15 is 0 Å². The molecule has 1 unspecified atom stereocenters. The van der Waals surface area contributed by atoms with Crippen LogP contribution in [0.5, 0.6) is 0 Å². The third-order valence-corrected chi connectivity index (χ3v) is 5.03. The van der Waals surface area contributed by atoms with E-state index in [1.165, 1.54) is 13.1 Å². The topological polar surface area (TPSA) is 110 Å². The summed E-state index contributed by atoms with van der Waals surface area (Å²) in [6, 6.07) is 0.909. The van der Waals surface area contributed by atoms with Crippen LogP contribution < -0.4 is 10.5 Å². The molecule has 114 valence electrons. The zero-order chi connectivity index (χ0) is 15.9. The summed E-state index contributed by atoms with van der Waals surface area (Å²) in [7, 11) is -3.09. The average molecular weight is 380 g/mol. The van der Waals surface area contributed by atoms with E-state index in [9.17, 15) is 22.4 Å². The van der Waals surface area contributed by atoms with Crippen molar-refractivity contribution in [1.82, 2.24) is 9.62 Å². The number of halogens is 2. The lowest BCUT2D eigenvalue weighted by Gasteiger charge is -2.13. The van der Waals surface area contributed by atoms with Crippen molar-refractivity contribution in [2.45, 2.75) is 17.4 Å². The predicted molar refractivity (Wildman–Crippen MR) is 75.0 cm³/mol. The number of nitrogens with zero attached hydrogens (tertiary/aromatic N) is 1. The van der Waals surface area contributed by atoms with E-state index in [2.05, 4.69) is 15.9 Å². The third-order valence-electron chi connectivity index (χ3n) is 2.99. The summed E-state index contributed by atoms with van der Waals surface area (Å²) in [6.45, 7) is 0. The highest BCUT2D eigenvalue weighted by atomic mass is 79.9. The lowest BCUT2D eigenvalue weighted by atomic mass is 10.3. The number of nitrogen functional groups attached to an aromatic ring is 1. The van der Waals surface area contributed by atoms with E-state index in [0.717, 1.165) is 11.0 Å². The van der Waals surface area contributed by atoms with Gasteiger partial charge >= 0.3 is 0 Å². The fourth-order valence-electron chi connectivity index (χ4n) is 1.88. The fraction of sp³-hybridized carbons (Fsp3) is 0.273. The second-order valence-electron chi connectivity index (χ2n) is 4.48. The zero-order valence-electron chi connectivity index (χ0n) is 10.8. The van der Waals surface area contributed by atoms with Gasteiger partial charge in [-0.1, -0.05) is 0 Å². The maximum atomic E-state index is 13.9. The predicted octanol–water partition coefficient (Wildman–Crippen LogP) is 0.206. The molecule has 21 heavy (non-hydrogen) atoms. The minimum Gasteiger partial charge on any atom is -0.399 e. The number of nitrogens with two attached hydrogens (primary N) is 1. The first kappa shape index (κ1) is 15.9. The van der Waals surface area contributed by atoms with Gasteiger partial charge in [0.2, 0.25) is 21.8 Å². The molecule has 0 radical (unpaired) electrons. The van der Waals surface area contributed by atoms with E-state index in [4.69, 9.17) is 5.73 Å². The Balaban J connectivity index is 2.36. The van der Waals surface area contributed by atoms with Crippen molar-refractivity contribution >= 4 is 43.5 Å². The van der Waals surface area contributed by atoms with Gasteiger partial charge in [0.1, 0.15) is 10.9 Å². The molecule has 0 aromatic heterocycles. The van der Waals surface area contributed by atoms with Crippen molar-refractivity contribution in [2.75, 3.05) is 12.8 Å². The number of nitrogens with one attached hydrogen (secondary N) is 1. The van der Waals surface area contributed by atoms with Gasteiger partial charge in [0, 0.05) is 12.7 Å². The van der Waals surface area contributed by atoms with Crippen LogP contribution in [0.2, 0.25) is 0 Å². The number of carbonyl (C=O) groups is 2. The number of likely N-dealkylation sites (tertiary alicyclic amines) is 1. The summed E-state index contributed by atoms with van der Waals surface area (Å²) in [6.07, 6.45) is -0.306. The van der Waals surface area contributed by atoms with Crippen molar-refractivity contribution in [1.29, 1.82) is 0 Å².